The number of aromatic nitrogens is 1. The predicted molar refractivity (Wildman–Crippen MR) is 106 cm³/mol. The Morgan fingerprint density at radius 3 is 1.38 bits per heavy atom. The van der Waals surface area contributed by atoms with Crippen molar-refractivity contribution in [2.45, 2.75) is 13.8 Å². The molecule has 0 aliphatic carbocycles. The Labute approximate surface area is 205 Å². The molecule has 0 N–H and O–H groups in total. The quantitative estimate of drug-likeness (QED) is 0.273. The minimum absolute atomic E-state index is 0. The number of hydrogen-bond acceptors (Lipinski definition) is 3. The first-order chi connectivity index (χ1) is 12.1. The monoisotopic (exact) mass is 508 g/mol. The Kier molecular flexibility index (Phi) is 15.0. The van der Waals surface area contributed by atoms with E-state index in [1.165, 1.54) is 0 Å². The van der Waals surface area contributed by atoms with E-state index in [-0.39, 0.29) is 54.3 Å². The number of halogens is 4. The van der Waals surface area contributed by atoms with Gasteiger partial charge in [0.2, 0.25) is 0 Å². The van der Waals surface area contributed by atoms with Crippen LogP contribution in [0.3, 0.4) is 0 Å². The minimum atomic E-state index is 0. The molecule has 0 unspecified atom stereocenters. The van der Waals surface area contributed by atoms with Gasteiger partial charge >= 0.3 is 17.1 Å². The van der Waals surface area contributed by atoms with Gasteiger partial charge in [0.05, 0.1) is 34.2 Å². The zero-order valence-corrected chi connectivity index (χ0v) is 19.8. The summed E-state index contributed by atoms with van der Waals surface area (Å²) in [7, 11) is 0. The van der Waals surface area contributed by atoms with E-state index in [2.05, 4.69) is 15.0 Å². The molecule has 1 heterocycles. The number of nitrogens with zero attached hydrogens (tertiary/aromatic N) is 3. The third-order valence-electron chi connectivity index (χ3n) is 3.64. The molecule has 0 saturated heterocycles. The van der Waals surface area contributed by atoms with E-state index < -0.39 is 0 Å². The summed E-state index contributed by atoms with van der Waals surface area (Å²) < 4.78 is 0. The van der Waals surface area contributed by atoms with Crippen molar-refractivity contribution < 1.29 is 54.3 Å². The molecular formula is C21H18Cl4FeN3. The summed E-state index contributed by atoms with van der Waals surface area (Å²) in [4.78, 5) is 13.9. The molecule has 0 fully saturated rings. The summed E-state index contributed by atoms with van der Waals surface area (Å²) in [5.74, 6) is 0. The molecule has 0 bridgehead atoms. The first kappa shape index (κ1) is 29.8. The summed E-state index contributed by atoms with van der Waals surface area (Å²) in [6.45, 7) is 3.86. The van der Waals surface area contributed by atoms with Crippen molar-refractivity contribution in [1.29, 1.82) is 0 Å². The maximum Gasteiger partial charge on any atom is 3.00 e. The van der Waals surface area contributed by atoms with Gasteiger partial charge in [-0.25, -0.2) is 4.98 Å². The average Bonchev–Trinajstić information content (AvgIpc) is 2.63. The van der Waals surface area contributed by atoms with Crippen molar-refractivity contribution in [2.24, 2.45) is 9.98 Å². The molecule has 0 atom stereocenters. The van der Waals surface area contributed by atoms with Crippen LogP contribution in [0.4, 0.5) is 11.4 Å². The summed E-state index contributed by atoms with van der Waals surface area (Å²) >= 11 is 6.29. The van der Waals surface area contributed by atoms with Crippen LogP contribution in [0.15, 0.2) is 82.8 Å². The molecule has 0 spiro atoms. The van der Waals surface area contributed by atoms with Crippen LogP contribution in [-0.2, 0) is 17.1 Å². The molecule has 3 nitrogen and oxygen atoms in total. The van der Waals surface area contributed by atoms with Gasteiger partial charge in [-0.2, -0.15) is 0 Å². The van der Waals surface area contributed by atoms with Crippen LogP contribution in [-0.4, -0.2) is 16.4 Å². The molecule has 0 amide bonds. The Morgan fingerprint density at radius 2 is 1.03 bits per heavy atom. The number of rotatable bonds is 4. The summed E-state index contributed by atoms with van der Waals surface area (Å²) in [5, 5.41) is 0.616. The number of pyridine rings is 1. The molecule has 153 valence electrons. The van der Waals surface area contributed by atoms with Crippen molar-refractivity contribution in [3.63, 3.8) is 0 Å². The molecule has 1 aromatic heterocycles. The minimum Gasteiger partial charge on any atom is -1.00 e. The molecule has 0 saturated carbocycles. The molecule has 29 heavy (non-hydrogen) atoms. The molecule has 3 aromatic rings. The van der Waals surface area contributed by atoms with E-state index in [9.17, 15) is 0 Å². The maximum absolute atomic E-state index is 6.29. The molecule has 0 aliphatic heterocycles. The first-order valence-corrected chi connectivity index (χ1v) is 8.38. The van der Waals surface area contributed by atoms with Crippen molar-refractivity contribution in [3.05, 3.63) is 89.2 Å². The molecule has 3 rings (SSSR count). The van der Waals surface area contributed by atoms with Crippen molar-refractivity contribution in [1.82, 2.24) is 4.98 Å². The van der Waals surface area contributed by atoms with Gasteiger partial charge in [-0.05, 0) is 50.2 Å². The second-order valence-corrected chi connectivity index (χ2v) is 6.06. The Balaban J connectivity index is 0. The van der Waals surface area contributed by atoms with E-state index in [4.69, 9.17) is 11.6 Å². The molecule has 1 radical (unpaired) electrons. The largest absolute Gasteiger partial charge is 3.00 e. The fourth-order valence-corrected chi connectivity index (χ4v) is 2.58. The van der Waals surface area contributed by atoms with Gasteiger partial charge in [0, 0.05) is 5.02 Å². The molecule has 0 aliphatic rings. The number of hydrogen-bond donors (Lipinski definition) is 0. The number of aliphatic imine (C=N–C) groups is 2. The van der Waals surface area contributed by atoms with E-state index in [1.54, 1.807) is 0 Å². The predicted octanol–water partition coefficient (Wildman–Crippen LogP) is -2.97. The smallest absolute Gasteiger partial charge is 1.00 e. The van der Waals surface area contributed by atoms with Gasteiger partial charge in [-0.3, -0.25) is 9.98 Å². The second kappa shape index (κ2) is 14.6. The van der Waals surface area contributed by atoms with Crippen molar-refractivity contribution in [3.8, 4) is 0 Å². The standard InChI is InChI=1S/C21H18ClN3.3ClH.Fe/c1-15(23-18-9-5-3-6-10-18)20-13-17(22)14-21(25-20)16(2)24-19-11-7-4-8-12-19;;;;/h3-14H,1-2H3;3*1H;/q;;;;+3/p-3. The Hall–Kier alpha value is -1.39. The van der Waals surface area contributed by atoms with Gasteiger partial charge < -0.3 is 37.2 Å². The van der Waals surface area contributed by atoms with Crippen LogP contribution in [0.1, 0.15) is 25.2 Å². The van der Waals surface area contributed by atoms with Crippen LogP contribution < -0.4 is 37.2 Å². The summed E-state index contributed by atoms with van der Waals surface area (Å²) in [5.41, 5.74) is 4.88. The van der Waals surface area contributed by atoms with E-state index in [1.807, 2.05) is 86.6 Å². The molecule has 2 aromatic carbocycles. The molecule has 8 heteroatoms. The van der Waals surface area contributed by atoms with Crippen LogP contribution in [0.2, 0.25) is 5.02 Å². The normalized spacial score (nSPS) is 10.6. The first-order valence-electron chi connectivity index (χ1n) is 8.01. The number of benzene rings is 2. The van der Waals surface area contributed by atoms with Crippen LogP contribution in [0.5, 0.6) is 0 Å². The second-order valence-electron chi connectivity index (χ2n) is 5.62. The third kappa shape index (κ3) is 8.88. The van der Waals surface area contributed by atoms with Crippen molar-refractivity contribution in [2.75, 3.05) is 0 Å². The van der Waals surface area contributed by atoms with Gasteiger partial charge in [-0.1, -0.05) is 48.0 Å². The zero-order chi connectivity index (χ0) is 17.6. The van der Waals surface area contributed by atoms with Crippen LogP contribution in [0.25, 0.3) is 0 Å². The van der Waals surface area contributed by atoms with E-state index in [0.717, 1.165) is 34.2 Å². The van der Waals surface area contributed by atoms with Gasteiger partial charge in [0.25, 0.3) is 0 Å². The van der Waals surface area contributed by atoms with E-state index in [0.29, 0.717) is 5.02 Å². The van der Waals surface area contributed by atoms with Gasteiger partial charge in [0.1, 0.15) is 0 Å². The van der Waals surface area contributed by atoms with Crippen molar-refractivity contribution >= 4 is 34.4 Å². The fraction of sp³-hybridized carbons (Fsp3) is 0.0952. The fourth-order valence-electron chi connectivity index (χ4n) is 2.37. The number of para-hydroxylation sites is 2. The Bertz CT molecular complexity index is 859. The zero-order valence-electron chi connectivity index (χ0n) is 15.6. The summed E-state index contributed by atoms with van der Waals surface area (Å²) in [6, 6.07) is 23.2. The van der Waals surface area contributed by atoms with Crippen LogP contribution >= 0.6 is 11.6 Å². The summed E-state index contributed by atoms with van der Waals surface area (Å²) in [6.07, 6.45) is 0. The average molecular weight is 510 g/mol. The SMILES string of the molecule is CC(=Nc1ccccc1)c1cc(Cl)cc(C(C)=Nc2ccccc2)n1.[Cl-].[Cl-].[Cl-].[Fe+3]. The maximum atomic E-state index is 6.29. The Morgan fingerprint density at radius 1 is 0.690 bits per heavy atom. The molecular weight excluding hydrogens is 492 g/mol. The topological polar surface area (TPSA) is 37.6 Å². The van der Waals surface area contributed by atoms with Crippen LogP contribution in [0, 0.1) is 0 Å². The van der Waals surface area contributed by atoms with Gasteiger partial charge in [-0.15, -0.1) is 0 Å². The van der Waals surface area contributed by atoms with E-state index >= 15 is 0 Å². The third-order valence-corrected chi connectivity index (χ3v) is 3.86. The van der Waals surface area contributed by atoms with Gasteiger partial charge in [0.15, 0.2) is 0 Å².